The Labute approximate surface area is 71.4 Å². The first-order valence-corrected chi connectivity index (χ1v) is 4.05. The van der Waals surface area contributed by atoms with Crippen LogP contribution >= 0.6 is 0 Å². The predicted molar refractivity (Wildman–Crippen MR) is 48.2 cm³/mol. The van der Waals surface area contributed by atoms with E-state index >= 15 is 0 Å². The second-order valence-electron chi connectivity index (χ2n) is 3.09. The maximum absolute atomic E-state index is 4.28. The summed E-state index contributed by atoms with van der Waals surface area (Å²) in [6.07, 6.45) is 0.259. The van der Waals surface area contributed by atoms with Crippen LogP contribution in [0.1, 0.15) is 18.4 Å². The normalized spacial score (nSPS) is 19.8. The molecular formula is C8H12N4. The van der Waals surface area contributed by atoms with Crippen LogP contribution < -0.4 is 10.6 Å². The molecule has 1 aliphatic heterocycles. The van der Waals surface area contributed by atoms with Gasteiger partial charge < -0.3 is 10.6 Å². The number of fused-ring (bicyclic) bond motifs is 1. The predicted octanol–water partition coefficient (Wildman–Crippen LogP) is 1.28. The van der Waals surface area contributed by atoms with Crippen LogP contribution in [0.2, 0.25) is 0 Å². The zero-order valence-electron chi connectivity index (χ0n) is 7.47. The van der Waals surface area contributed by atoms with E-state index in [0.717, 1.165) is 23.0 Å². The molecule has 1 aliphatic rings. The first-order chi connectivity index (χ1) is 5.66. The van der Waals surface area contributed by atoms with Gasteiger partial charge in [-0.15, -0.1) is 0 Å². The maximum atomic E-state index is 4.28. The molecule has 4 heteroatoms. The monoisotopic (exact) mass is 164 g/mol. The molecule has 1 aromatic heterocycles. The van der Waals surface area contributed by atoms with Gasteiger partial charge in [0.25, 0.3) is 0 Å². The van der Waals surface area contributed by atoms with Crippen LogP contribution in [-0.4, -0.2) is 16.1 Å². The molecule has 0 aromatic carbocycles. The summed E-state index contributed by atoms with van der Waals surface area (Å²) in [7, 11) is 0. The van der Waals surface area contributed by atoms with Gasteiger partial charge in [0.2, 0.25) is 0 Å². The minimum absolute atomic E-state index is 0.259. The number of aromatic nitrogens is 2. The Morgan fingerprint density at radius 1 is 1.17 bits per heavy atom. The standard InChI is InChI=1S/C8H12N4/c1-4-7-8(11-5(2)9-4)12-6(3)10-7/h6,10H,1-3H3,(H,9,11,12). The first kappa shape index (κ1) is 7.34. The molecule has 1 aromatic rings. The summed E-state index contributed by atoms with van der Waals surface area (Å²) in [6, 6.07) is 0. The lowest BCUT2D eigenvalue weighted by Crippen LogP contribution is -2.16. The Bertz CT molecular complexity index is 321. The second kappa shape index (κ2) is 2.33. The summed E-state index contributed by atoms with van der Waals surface area (Å²) in [5.74, 6) is 1.74. The Balaban J connectivity index is 2.52. The highest BCUT2D eigenvalue weighted by Gasteiger charge is 2.19. The van der Waals surface area contributed by atoms with Crippen LogP contribution in [0.3, 0.4) is 0 Å². The lowest BCUT2D eigenvalue weighted by molar-refractivity contribution is 0.949. The highest BCUT2D eigenvalue weighted by Crippen LogP contribution is 2.28. The van der Waals surface area contributed by atoms with E-state index in [1.54, 1.807) is 0 Å². The molecule has 1 unspecified atom stereocenters. The molecule has 1 atom stereocenters. The number of hydrogen-bond donors (Lipinski definition) is 2. The Hall–Kier alpha value is -1.32. The largest absolute Gasteiger partial charge is 0.361 e. The Morgan fingerprint density at radius 2 is 1.92 bits per heavy atom. The van der Waals surface area contributed by atoms with E-state index in [-0.39, 0.29) is 6.17 Å². The van der Waals surface area contributed by atoms with Crippen LogP contribution in [0.15, 0.2) is 0 Å². The number of nitrogens with zero attached hydrogens (tertiary/aromatic N) is 2. The lowest BCUT2D eigenvalue weighted by atomic mass is 10.3. The van der Waals surface area contributed by atoms with Crippen molar-refractivity contribution in [3.63, 3.8) is 0 Å². The van der Waals surface area contributed by atoms with E-state index in [1.807, 2.05) is 13.8 Å². The van der Waals surface area contributed by atoms with Gasteiger partial charge in [0.15, 0.2) is 5.82 Å². The molecule has 2 rings (SSSR count). The third-order valence-electron chi connectivity index (χ3n) is 1.92. The van der Waals surface area contributed by atoms with E-state index < -0.39 is 0 Å². The van der Waals surface area contributed by atoms with Gasteiger partial charge >= 0.3 is 0 Å². The van der Waals surface area contributed by atoms with Crippen LogP contribution in [0.4, 0.5) is 11.5 Å². The van der Waals surface area contributed by atoms with Crippen molar-refractivity contribution in [1.29, 1.82) is 0 Å². The molecule has 0 radical (unpaired) electrons. The van der Waals surface area contributed by atoms with E-state index in [4.69, 9.17) is 0 Å². The van der Waals surface area contributed by atoms with Crippen LogP contribution in [0.5, 0.6) is 0 Å². The van der Waals surface area contributed by atoms with Crippen molar-refractivity contribution in [1.82, 2.24) is 9.97 Å². The molecule has 0 saturated carbocycles. The van der Waals surface area contributed by atoms with Gasteiger partial charge in [-0.05, 0) is 20.8 Å². The number of hydrogen-bond acceptors (Lipinski definition) is 4. The molecule has 2 heterocycles. The topological polar surface area (TPSA) is 49.8 Å². The van der Waals surface area contributed by atoms with Gasteiger partial charge in [-0.3, -0.25) is 0 Å². The first-order valence-electron chi connectivity index (χ1n) is 4.05. The Morgan fingerprint density at radius 3 is 2.67 bits per heavy atom. The van der Waals surface area contributed by atoms with Crippen molar-refractivity contribution in [3.05, 3.63) is 11.5 Å². The zero-order chi connectivity index (χ0) is 8.72. The minimum atomic E-state index is 0.259. The van der Waals surface area contributed by atoms with Gasteiger partial charge in [-0.25, -0.2) is 9.97 Å². The number of nitrogens with one attached hydrogen (secondary N) is 2. The van der Waals surface area contributed by atoms with Gasteiger partial charge in [0, 0.05) is 0 Å². The average molecular weight is 164 g/mol. The summed E-state index contributed by atoms with van der Waals surface area (Å²) in [6.45, 7) is 5.94. The van der Waals surface area contributed by atoms with E-state index in [0.29, 0.717) is 0 Å². The third-order valence-corrected chi connectivity index (χ3v) is 1.92. The smallest absolute Gasteiger partial charge is 0.155 e. The van der Waals surface area contributed by atoms with Crippen molar-refractivity contribution in [2.45, 2.75) is 26.9 Å². The molecular weight excluding hydrogens is 152 g/mol. The van der Waals surface area contributed by atoms with Crippen molar-refractivity contribution < 1.29 is 0 Å². The highest BCUT2D eigenvalue weighted by atomic mass is 15.2. The molecule has 0 fully saturated rings. The quantitative estimate of drug-likeness (QED) is 0.606. The van der Waals surface area contributed by atoms with Gasteiger partial charge in [0.1, 0.15) is 11.5 Å². The summed E-state index contributed by atoms with van der Waals surface area (Å²) in [4.78, 5) is 8.55. The van der Waals surface area contributed by atoms with Crippen LogP contribution in [0, 0.1) is 13.8 Å². The number of rotatable bonds is 0. The fourth-order valence-corrected chi connectivity index (χ4v) is 1.45. The van der Waals surface area contributed by atoms with Crippen molar-refractivity contribution in [3.8, 4) is 0 Å². The molecule has 0 saturated heterocycles. The van der Waals surface area contributed by atoms with Crippen LogP contribution in [-0.2, 0) is 0 Å². The molecule has 64 valence electrons. The van der Waals surface area contributed by atoms with Crippen LogP contribution in [0.25, 0.3) is 0 Å². The average Bonchev–Trinajstić information content (AvgIpc) is 2.29. The third kappa shape index (κ3) is 0.995. The SMILES string of the molecule is Cc1nc(C)c2c(n1)NC(C)N2. The van der Waals surface area contributed by atoms with Crippen molar-refractivity contribution >= 4 is 11.5 Å². The molecule has 0 bridgehead atoms. The fraction of sp³-hybridized carbons (Fsp3) is 0.500. The van der Waals surface area contributed by atoms with E-state index in [2.05, 4.69) is 27.5 Å². The highest BCUT2D eigenvalue weighted by molar-refractivity contribution is 5.72. The van der Waals surface area contributed by atoms with Crippen molar-refractivity contribution in [2.75, 3.05) is 10.6 Å². The second-order valence-corrected chi connectivity index (χ2v) is 3.09. The number of aryl methyl sites for hydroxylation is 2. The van der Waals surface area contributed by atoms with Gasteiger partial charge in [-0.2, -0.15) is 0 Å². The maximum Gasteiger partial charge on any atom is 0.155 e. The summed E-state index contributed by atoms with van der Waals surface area (Å²) in [5.41, 5.74) is 2.04. The molecule has 4 nitrogen and oxygen atoms in total. The molecule has 12 heavy (non-hydrogen) atoms. The minimum Gasteiger partial charge on any atom is -0.361 e. The zero-order valence-corrected chi connectivity index (χ0v) is 7.47. The van der Waals surface area contributed by atoms with Gasteiger partial charge in [0.05, 0.1) is 11.9 Å². The summed E-state index contributed by atoms with van der Waals surface area (Å²) < 4.78 is 0. The number of anilines is 2. The summed E-state index contributed by atoms with van der Waals surface area (Å²) >= 11 is 0. The molecule has 0 aliphatic carbocycles. The van der Waals surface area contributed by atoms with E-state index in [9.17, 15) is 0 Å². The van der Waals surface area contributed by atoms with Crippen molar-refractivity contribution in [2.24, 2.45) is 0 Å². The fourth-order valence-electron chi connectivity index (χ4n) is 1.45. The molecule has 0 amide bonds. The summed E-state index contributed by atoms with van der Waals surface area (Å²) in [5, 5.41) is 6.47. The Kier molecular flexibility index (Phi) is 1.43. The van der Waals surface area contributed by atoms with E-state index in [1.165, 1.54) is 0 Å². The molecule has 0 spiro atoms. The van der Waals surface area contributed by atoms with Gasteiger partial charge in [-0.1, -0.05) is 0 Å². The lowest BCUT2D eigenvalue weighted by Gasteiger charge is -2.02. The molecule has 2 N–H and O–H groups in total.